The molecule has 1 aromatic heterocycles. The fourth-order valence-corrected chi connectivity index (χ4v) is 3.20. The van der Waals surface area contributed by atoms with Crippen molar-refractivity contribution in [2.24, 2.45) is 0 Å². The Morgan fingerprint density at radius 3 is 1.82 bits per heavy atom. The Balaban J connectivity index is 2.89. The molecule has 0 saturated heterocycles. The summed E-state index contributed by atoms with van der Waals surface area (Å²) in [5.41, 5.74) is 7.64. The van der Waals surface area contributed by atoms with Crippen molar-refractivity contribution >= 4 is 10.9 Å². The van der Waals surface area contributed by atoms with Crippen LogP contribution in [0.3, 0.4) is 0 Å². The number of benzene rings is 1. The molecule has 0 fully saturated rings. The Hall–Kier alpha value is -1.24. The van der Waals surface area contributed by atoms with Crippen molar-refractivity contribution in [3.05, 3.63) is 34.5 Å². The van der Waals surface area contributed by atoms with Gasteiger partial charge in [0.25, 0.3) is 0 Å². The van der Waals surface area contributed by atoms with Gasteiger partial charge < -0.3 is 4.98 Å². The van der Waals surface area contributed by atoms with Crippen LogP contribution in [-0.2, 0) is 25.7 Å². The Morgan fingerprint density at radius 1 is 0.765 bits per heavy atom. The summed E-state index contributed by atoms with van der Waals surface area (Å²) in [4.78, 5) is 3.44. The fourth-order valence-electron chi connectivity index (χ4n) is 3.20. The summed E-state index contributed by atoms with van der Waals surface area (Å²) in [5.74, 6) is 0. The van der Waals surface area contributed by atoms with Gasteiger partial charge in [0.1, 0.15) is 0 Å². The molecular weight excluding hydrogens is 206 g/mol. The molecule has 0 atom stereocenters. The summed E-state index contributed by atoms with van der Waals surface area (Å²) in [6.07, 6.45) is 6.64. The predicted molar refractivity (Wildman–Crippen MR) is 75.8 cm³/mol. The Kier molecular flexibility index (Phi) is 3.56. The van der Waals surface area contributed by atoms with Gasteiger partial charge in [-0.2, -0.15) is 0 Å². The van der Waals surface area contributed by atoms with Crippen molar-refractivity contribution in [3.8, 4) is 0 Å². The van der Waals surface area contributed by atoms with Crippen LogP contribution in [0.1, 0.15) is 49.9 Å². The lowest BCUT2D eigenvalue weighted by Gasteiger charge is -2.18. The van der Waals surface area contributed by atoms with E-state index in [1.807, 2.05) is 0 Å². The van der Waals surface area contributed by atoms with E-state index in [1.165, 1.54) is 16.5 Å². The lowest BCUT2D eigenvalue weighted by atomic mass is 9.87. The van der Waals surface area contributed by atoms with E-state index in [0.717, 1.165) is 25.7 Å². The van der Waals surface area contributed by atoms with Gasteiger partial charge in [-0.15, -0.1) is 0 Å². The van der Waals surface area contributed by atoms with Gasteiger partial charge in [0.05, 0.1) is 0 Å². The smallest absolute Gasteiger partial charge is 0.0492 e. The van der Waals surface area contributed by atoms with Crippen LogP contribution >= 0.6 is 0 Å². The molecule has 0 aliphatic heterocycles. The summed E-state index contributed by atoms with van der Waals surface area (Å²) < 4.78 is 0. The zero-order valence-electron chi connectivity index (χ0n) is 11.5. The van der Waals surface area contributed by atoms with Crippen molar-refractivity contribution in [1.29, 1.82) is 0 Å². The summed E-state index contributed by atoms with van der Waals surface area (Å²) >= 11 is 0. The molecule has 0 aliphatic rings. The zero-order chi connectivity index (χ0) is 12.4. The molecule has 1 aromatic carbocycles. The van der Waals surface area contributed by atoms with Crippen LogP contribution in [0.2, 0.25) is 0 Å². The number of rotatable bonds is 4. The second-order valence-corrected chi connectivity index (χ2v) is 4.59. The van der Waals surface area contributed by atoms with Crippen LogP contribution in [-0.4, -0.2) is 4.98 Å². The molecule has 1 N–H and O–H groups in total. The predicted octanol–water partition coefficient (Wildman–Crippen LogP) is 4.42. The van der Waals surface area contributed by atoms with Gasteiger partial charge in [-0.25, -0.2) is 0 Å². The molecule has 2 aromatic rings. The topological polar surface area (TPSA) is 15.8 Å². The third-order valence-electron chi connectivity index (χ3n) is 3.88. The largest absolute Gasteiger partial charge is 0.361 e. The van der Waals surface area contributed by atoms with E-state index in [2.05, 4.69) is 44.9 Å². The molecule has 1 heteroatoms. The highest BCUT2D eigenvalue weighted by atomic mass is 14.7. The number of nitrogens with one attached hydrogen (secondary N) is 1. The summed E-state index contributed by atoms with van der Waals surface area (Å²) in [7, 11) is 0. The molecule has 0 aliphatic carbocycles. The van der Waals surface area contributed by atoms with E-state index in [4.69, 9.17) is 0 Å². The summed E-state index contributed by atoms with van der Waals surface area (Å²) in [5, 5.41) is 1.44. The van der Waals surface area contributed by atoms with Crippen LogP contribution in [0.5, 0.6) is 0 Å². The normalized spacial score (nSPS) is 11.3. The number of H-pyrrole nitrogens is 1. The molecule has 0 spiro atoms. The van der Waals surface area contributed by atoms with Crippen LogP contribution in [0.15, 0.2) is 12.3 Å². The van der Waals surface area contributed by atoms with Crippen LogP contribution in [0.4, 0.5) is 0 Å². The quantitative estimate of drug-likeness (QED) is 0.799. The Bertz CT molecular complexity index is 474. The molecule has 0 amide bonds. The number of hydrogen-bond acceptors (Lipinski definition) is 0. The average molecular weight is 229 g/mol. The molecule has 0 saturated carbocycles. The van der Waals surface area contributed by atoms with Gasteiger partial charge in [-0.1, -0.05) is 27.7 Å². The maximum Gasteiger partial charge on any atom is 0.0492 e. The van der Waals surface area contributed by atoms with E-state index in [9.17, 15) is 0 Å². The number of fused-ring (bicyclic) bond motifs is 1. The number of aryl methyl sites for hydroxylation is 2. The first kappa shape index (κ1) is 12.2. The first-order valence-electron chi connectivity index (χ1n) is 6.90. The number of aromatic amines is 1. The van der Waals surface area contributed by atoms with Crippen molar-refractivity contribution in [2.75, 3.05) is 0 Å². The highest BCUT2D eigenvalue weighted by Gasteiger charge is 2.15. The maximum atomic E-state index is 3.44. The van der Waals surface area contributed by atoms with Gasteiger partial charge in [-0.3, -0.25) is 0 Å². The summed E-state index contributed by atoms with van der Waals surface area (Å²) in [6.45, 7) is 9.10. The van der Waals surface area contributed by atoms with Crippen molar-refractivity contribution in [2.45, 2.75) is 53.4 Å². The average Bonchev–Trinajstić information content (AvgIpc) is 2.84. The second kappa shape index (κ2) is 4.95. The third kappa shape index (κ3) is 1.78. The van der Waals surface area contributed by atoms with E-state index in [-0.39, 0.29) is 0 Å². The molecule has 2 rings (SSSR count). The lowest BCUT2D eigenvalue weighted by molar-refractivity contribution is 0.959. The second-order valence-electron chi connectivity index (χ2n) is 4.59. The highest BCUT2D eigenvalue weighted by molar-refractivity contribution is 5.88. The van der Waals surface area contributed by atoms with E-state index in [1.54, 1.807) is 16.7 Å². The lowest BCUT2D eigenvalue weighted by Crippen LogP contribution is -2.04. The monoisotopic (exact) mass is 229 g/mol. The van der Waals surface area contributed by atoms with Gasteiger partial charge in [0.15, 0.2) is 0 Å². The first-order valence-corrected chi connectivity index (χ1v) is 6.90. The minimum atomic E-state index is 1.12. The molecule has 1 nitrogen and oxygen atoms in total. The van der Waals surface area contributed by atoms with Crippen molar-refractivity contribution in [3.63, 3.8) is 0 Å². The van der Waals surface area contributed by atoms with Gasteiger partial charge in [0.2, 0.25) is 0 Å². The fraction of sp³-hybridized carbons (Fsp3) is 0.500. The van der Waals surface area contributed by atoms with E-state index < -0.39 is 0 Å². The standard InChI is InChI=1S/C16H23N/c1-5-11-12(6-2)14(8-4)16-15(9-10-17-16)13(11)7-3/h9-10,17H,5-8H2,1-4H3. The highest BCUT2D eigenvalue weighted by Crippen LogP contribution is 2.31. The van der Waals surface area contributed by atoms with Crippen LogP contribution in [0.25, 0.3) is 10.9 Å². The molecule has 0 bridgehead atoms. The molecule has 0 radical (unpaired) electrons. The number of hydrogen-bond donors (Lipinski definition) is 1. The Morgan fingerprint density at radius 2 is 1.29 bits per heavy atom. The van der Waals surface area contributed by atoms with Gasteiger partial charge in [0, 0.05) is 17.1 Å². The Labute approximate surface area is 104 Å². The molecule has 17 heavy (non-hydrogen) atoms. The molecular formula is C16H23N. The van der Waals surface area contributed by atoms with Crippen molar-refractivity contribution in [1.82, 2.24) is 4.98 Å². The molecule has 92 valence electrons. The van der Waals surface area contributed by atoms with Crippen LogP contribution < -0.4 is 0 Å². The first-order chi connectivity index (χ1) is 8.28. The third-order valence-corrected chi connectivity index (χ3v) is 3.88. The van der Waals surface area contributed by atoms with Gasteiger partial charge >= 0.3 is 0 Å². The summed E-state index contributed by atoms with van der Waals surface area (Å²) in [6, 6.07) is 2.24. The minimum Gasteiger partial charge on any atom is -0.361 e. The van der Waals surface area contributed by atoms with E-state index in [0.29, 0.717) is 0 Å². The zero-order valence-corrected chi connectivity index (χ0v) is 11.5. The van der Waals surface area contributed by atoms with E-state index >= 15 is 0 Å². The minimum absolute atomic E-state index is 1.12. The molecule has 0 unspecified atom stereocenters. The van der Waals surface area contributed by atoms with Gasteiger partial charge in [-0.05, 0) is 54.0 Å². The maximum absolute atomic E-state index is 3.44. The SMILES string of the molecule is CCc1c(CC)c(CC)c2[nH]ccc2c1CC. The van der Waals surface area contributed by atoms with Crippen molar-refractivity contribution < 1.29 is 0 Å². The van der Waals surface area contributed by atoms with Crippen LogP contribution in [0, 0.1) is 0 Å². The number of aromatic nitrogens is 1. The molecule has 1 heterocycles.